The van der Waals surface area contributed by atoms with Gasteiger partial charge in [-0.1, -0.05) is 32.0 Å². The number of urea groups is 1. The molecule has 0 bridgehead atoms. The summed E-state index contributed by atoms with van der Waals surface area (Å²) in [7, 11) is 0. The molecule has 0 aliphatic carbocycles. The lowest BCUT2D eigenvalue weighted by atomic mass is 9.89. The molecule has 6 heteroatoms. The van der Waals surface area contributed by atoms with Gasteiger partial charge in [0.15, 0.2) is 5.82 Å². The van der Waals surface area contributed by atoms with Crippen molar-refractivity contribution in [2.75, 3.05) is 10.6 Å². The van der Waals surface area contributed by atoms with Crippen LogP contribution in [0.3, 0.4) is 0 Å². The minimum absolute atomic E-state index is 0.176. The summed E-state index contributed by atoms with van der Waals surface area (Å²) in [5, 5.41) is 9.51. The number of anilines is 2. The number of hydrogen-bond donors (Lipinski definition) is 2. The summed E-state index contributed by atoms with van der Waals surface area (Å²) in [4.78, 5) is 16.4. The predicted octanol–water partition coefficient (Wildman–Crippen LogP) is 4.99. The van der Waals surface area contributed by atoms with Gasteiger partial charge in [-0.25, -0.2) is 4.79 Å². The van der Waals surface area contributed by atoms with Crippen molar-refractivity contribution in [2.45, 2.75) is 33.1 Å². The summed E-state index contributed by atoms with van der Waals surface area (Å²) >= 11 is 0. The Balaban J connectivity index is 1.73. The molecule has 0 fully saturated rings. The monoisotopic (exact) mass is 350 g/mol. The molecule has 0 spiro atoms. The average molecular weight is 350 g/mol. The maximum absolute atomic E-state index is 12.4. The van der Waals surface area contributed by atoms with E-state index in [9.17, 15) is 4.79 Å². The summed E-state index contributed by atoms with van der Waals surface area (Å²) in [5.74, 6) is 0.432. The molecule has 0 saturated heterocycles. The number of pyridine rings is 1. The Labute approximate surface area is 152 Å². The minimum atomic E-state index is -0.357. The fourth-order valence-electron chi connectivity index (χ4n) is 2.65. The molecular formula is C20H22N4O2. The third kappa shape index (κ3) is 3.91. The normalized spacial score (nSPS) is 11.2. The fourth-order valence-corrected chi connectivity index (χ4v) is 2.65. The molecule has 0 aliphatic heterocycles. The summed E-state index contributed by atoms with van der Waals surface area (Å²) in [6, 6.07) is 9.43. The number of aromatic nitrogens is 2. The largest absolute Gasteiger partial charge is 0.362 e. The zero-order valence-electron chi connectivity index (χ0n) is 15.3. The van der Waals surface area contributed by atoms with Gasteiger partial charge >= 0.3 is 6.03 Å². The third-order valence-corrected chi connectivity index (χ3v) is 4.10. The number of nitrogens with zero attached hydrogens (tertiary/aromatic N) is 2. The van der Waals surface area contributed by atoms with E-state index in [0.717, 1.165) is 27.9 Å². The van der Waals surface area contributed by atoms with Crippen LogP contribution in [0.1, 0.15) is 31.9 Å². The number of amides is 2. The number of rotatable bonds is 3. The Bertz CT molecular complexity index is 911. The molecular weight excluding hydrogens is 328 g/mol. The molecule has 3 rings (SSSR count). The highest BCUT2D eigenvalue weighted by molar-refractivity contribution is 6.00. The van der Waals surface area contributed by atoms with E-state index in [2.05, 4.69) is 20.8 Å². The summed E-state index contributed by atoms with van der Waals surface area (Å²) < 4.78 is 5.01. The summed E-state index contributed by atoms with van der Waals surface area (Å²) in [5.41, 5.74) is 4.52. The molecule has 0 aliphatic rings. The van der Waals surface area contributed by atoms with E-state index in [-0.39, 0.29) is 11.4 Å². The lowest BCUT2D eigenvalue weighted by Gasteiger charge is -2.17. The van der Waals surface area contributed by atoms with Crippen molar-refractivity contribution in [1.82, 2.24) is 10.1 Å². The second kappa shape index (κ2) is 7.00. The first-order valence-corrected chi connectivity index (χ1v) is 8.38. The summed E-state index contributed by atoms with van der Waals surface area (Å²) in [6.45, 7) is 8.05. The van der Waals surface area contributed by atoms with Crippen LogP contribution < -0.4 is 10.6 Å². The first-order valence-electron chi connectivity index (χ1n) is 8.38. The van der Waals surface area contributed by atoms with Crippen LogP contribution in [-0.4, -0.2) is 16.2 Å². The molecule has 1 aromatic carbocycles. The van der Waals surface area contributed by atoms with Gasteiger partial charge < -0.3 is 9.84 Å². The van der Waals surface area contributed by atoms with Crippen molar-refractivity contribution in [2.24, 2.45) is 0 Å². The van der Waals surface area contributed by atoms with Crippen molar-refractivity contribution in [3.8, 4) is 11.1 Å². The van der Waals surface area contributed by atoms with Gasteiger partial charge in [-0.05, 0) is 53.3 Å². The van der Waals surface area contributed by atoms with Crippen LogP contribution in [0.15, 0.2) is 53.5 Å². The van der Waals surface area contributed by atoms with E-state index in [1.807, 2.05) is 58.0 Å². The maximum atomic E-state index is 12.4. The first kappa shape index (κ1) is 17.7. The zero-order chi connectivity index (χ0) is 18.7. The molecule has 0 unspecified atom stereocenters. The Morgan fingerprint density at radius 1 is 1.04 bits per heavy atom. The van der Waals surface area contributed by atoms with Gasteiger partial charge in [-0.3, -0.25) is 10.3 Å². The Kier molecular flexibility index (Phi) is 4.75. The summed E-state index contributed by atoms with van der Waals surface area (Å²) in [6.07, 6.45) is 5.08. The predicted molar refractivity (Wildman–Crippen MR) is 102 cm³/mol. The van der Waals surface area contributed by atoms with Crippen molar-refractivity contribution >= 4 is 17.5 Å². The van der Waals surface area contributed by atoms with Crippen molar-refractivity contribution in [3.63, 3.8) is 0 Å². The molecule has 3 aromatic rings. The van der Waals surface area contributed by atoms with Gasteiger partial charge in [0, 0.05) is 23.6 Å². The number of carbonyl (C=O) groups is 1. The van der Waals surface area contributed by atoms with Gasteiger partial charge in [0.25, 0.3) is 0 Å². The maximum Gasteiger partial charge on any atom is 0.324 e. The molecule has 0 atom stereocenters. The van der Waals surface area contributed by atoms with E-state index in [1.165, 1.54) is 0 Å². The number of hydrogen-bond acceptors (Lipinski definition) is 4. The van der Waals surface area contributed by atoms with Gasteiger partial charge in [-0.2, -0.15) is 0 Å². The first-order chi connectivity index (χ1) is 12.3. The highest BCUT2D eigenvalue weighted by Gasteiger charge is 2.23. The number of aryl methyl sites for hydroxylation is 1. The van der Waals surface area contributed by atoms with E-state index >= 15 is 0 Å². The van der Waals surface area contributed by atoms with Crippen LogP contribution >= 0.6 is 0 Å². The highest BCUT2D eigenvalue weighted by atomic mass is 16.5. The number of benzene rings is 1. The zero-order valence-corrected chi connectivity index (χ0v) is 15.3. The minimum Gasteiger partial charge on any atom is -0.362 e. The van der Waals surface area contributed by atoms with E-state index in [4.69, 9.17) is 4.52 Å². The lowest BCUT2D eigenvalue weighted by Crippen LogP contribution is -2.22. The molecule has 2 heterocycles. The Morgan fingerprint density at radius 3 is 2.42 bits per heavy atom. The van der Waals surface area contributed by atoms with Crippen LogP contribution in [0.25, 0.3) is 11.1 Å². The van der Waals surface area contributed by atoms with Gasteiger partial charge in [0.2, 0.25) is 0 Å². The van der Waals surface area contributed by atoms with Gasteiger partial charge in [-0.15, -0.1) is 0 Å². The highest BCUT2D eigenvalue weighted by Crippen LogP contribution is 2.29. The molecule has 2 N–H and O–H groups in total. The van der Waals surface area contributed by atoms with E-state index in [1.54, 1.807) is 18.7 Å². The standard InChI is InChI=1S/C20H22N4O2/c1-13-11-15(14-7-9-21-10-8-14)5-6-17(13)22-19(25)23-18-16(12-26-24-18)20(2,3)4/h5-12H,1-4H3,(H2,22,23,24,25). The van der Waals surface area contributed by atoms with Gasteiger partial charge in [0.05, 0.1) is 0 Å². The van der Waals surface area contributed by atoms with E-state index < -0.39 is 0 Å². The Morgan fingerprint density at radius 2 is 1.77 bits per heavy atom. The second-order valence-corrected chi connectivity index (χ2v) is 7.17. The average Bonchev–Trinajstić information content (AvgIpc) is 3.06. The molecule has 2 aromatic heterocycles. The van der Waals surface area contributed by atoms with Crippen LogP contribution in [0.4, 0.5) is 16.3 Å². The van der Waals surface area contributed by atoms with Crippen molar-refractivity contribution < 1.29 is 9.32 Å². The van der Waals surface area contributed by atoms with Gasteiger partial charge in [0.1, 0.15) is 6.26 Å². The van der Waals surface area contributed by atoms with Crippen LogP contribution in [-0.2, 0) is 5.41 Å². The molecule has 0 radical (unpaired) electrons. The number of nitrogens with one attached hydrogen (secondary N) is 2. The quantitative estimate of drug-likeness (QED) is 0.697. The number of carbonyl (C=O) groups excluding carboxylic acids is 1. The van der Waals surface area contributed by atoms with Crippen molar-refractivity contribution in [1.29, 1.82) is 0 Å². The van der Waals surface area contributed by atoms with Crippen LogP contribution in [0, 0.1) is 6.92 Å². The molecule has 6 nitrogen and oxygen atoms in total. The fraction of sp³-hybridized carbons (Fsp3) is 0.250. The molecule has 0 saturated carbocycles. The Hall–Kier alpha value is -3.15. The lowest BCUT2D eigenvalue weighted by molar-refractivity contribution is 0.262. The third-order valence-electron chi connectivity index (χ3n) is 4.10. The SMILES string of the molecule is Cc1cc(-c2ccncc2)ccc1NC(=O)Nc1nocc1C(C)(C)C. The molecule has 134 valence electrons. The van der Waals surface area contributed by atoms with Crippen LogP contribution in [0.2, 0.25) is 0 Å². The smallest absolute Gasteiger partial charge is 0.324 e. The topological polar surface area (TPSA) is 80.0 Å². The molecule has 2 amide bonds. The van der Waals surface area contributed by atoms with Crippen molar-refractivity contribution in [3.05, 3.63) is 60.1 Å². The second-order valence-electron chi connectivity index (χ2n) is 7.17. The molecule has 26 heavy (non-hydrogen) atoms. The van der Waals surface area contributed by atoms with Crippen LogP contribution in [0.5, 0.6) is 0 Å². The van der Waals surface area contributed by atoms with E-state index in [0.29, 0.717) is 5.82 Å².